The van der Waals surface area contributed by atoms with Gasteiger partial charge in [0.05, 0.1) is 0 Å². The molecular formula is C21H28Cl2Zr-2. The van der Waals surface area contributed by atoms with Gasteiger partial charge < -0.3 is 24.8 Å². The predicted octanol–water partition coefficient (Wildman–Crippen LogP) is 0.104. The van der Waals surface area contributed by atoms with E-state index in [9.17, 15) is 0 Å². The van der Waals surface area contributed by atoms with E-state index >= 15 is 0 Å². The first kappa shape index (κ1) is 24.0. The van der Waals surface area contributed by atoms with E-state index in [1.807, 2.05) is 30.3 Å². The second-order valence-electron chi connectivity index (χ2n) is 6.53. The molecule has 0 bridgehead atoms. The molecule has 0 saturated heterocycles. The van der Waals surface area contributed by atoms with Gasteiger partial charge in [-0.15, -0.1) is 12.0 Å². The fraction of sp³-hybridized carbons (Fsp3) is 0.476. The van der Waals surface area contributed by atoms with Crippen molar-refractivity contribution in [2.45, 2.75) is 65.2 Å². The molecule has 132 valence electrons. The van der Waals surface area contributed by atoms with Crippen LogP contribution in [-0.2, 0) is 24.2 Å². The summed E-state index contributed by atoms with van der Waals surface area (Å²) in [5, 5.41) is 0. The molecule has 3 aliphatic rings. The van der Waals surface area contributed by atoms with Gasteiger partial charge in [-0.25, -0.2) is 24.1 Å². The molecule has 1 aromatic rings. The van der Waals surface area contributed by atoms with Gasteiger partial charge in [0, 0.05) is 0 Å². The van der Waals surface area contributed by atoms with Crippen molar-refractivity contribution in [2.24, 2.45) is 0 Å². The van der Waals surface area contributed by atoms with E-state index in [-0.39, 0.29) is 24.8 Å². The van der Waals surface area contributed by atoms with Crippen LogP contribution >= 0.6 is 0 Å². The van der Waals surface area contributed by atoms with E-state index in [1.165, 1.54) is 54.6 Å². The first-order chi connectivity index (χ1) is 10.7. The van der Waals surface area contributed by atoms with Gasteiger partial charge in [0.15, 0.2) is 0 Å². The van der Waals surface area contributed by atoms with Gasteiger partial charge in [-0.2, -0.15) is 23.8 Å². The number of allylic oxidation sites excluding steroid dienone is 4. The van der Waals surface area contributed by atoms with Crippen molar-refractivity contribution in [2.75, 3.05) is 0 Å². The smallest absolute Gasteiger partial charge is 0.0327 e. The van der Waals surface area contributed by atoms with Crippen molar-refractivity contribution < 1.29 is 49.0 Å². The molecule has 0 aromatic heterocycles. The van der Waals surface area contributed by atoms with Gasteiger partial charge in [0.2, 0.25) is 0 Å². The largest absolute Gasteiger partial charge is 1.00 e. The third-order valence-electron chi connectivity index (χ3n) is 4.32. The molecule has 4 rings (SSSR count). The zero-order chi connectivity index (χ0) is 15.8. The Labute approximate surface area is 175 Å². The van der Waals surface area contributed by atoms with Crippen LogP contribution in [0.15, 0.2) is 52.6 Å². The molecule has 0 amide bonds. The van der Waals surface area contributed by atoms with E-state index in [0.717, 1.165) is 0 Å². The van der Waals surface area contributed by atoms with Crippen molar-refractivity contribution in [3.05, 3.63) is 59.0 Å². The fourth-order valence-corrected chi connectivity index (χ4v) is 3.44. The van der Waals surface area contributed by atoms with Crippen molar-refractivity contribution in [3.8, 4) is 0 Å². The first-order valence-electron chi connectivity index (χ1n) is 8.63. The molecule has 3 aliphatic carbocycles. The van der Waals surface area contributed by atoms with Crippen LogP contribution < -0.4 is 24.8 Å². The molecular weight excluding hydrogens is 414 g/mol. The van der Waals surface area contributed by atoms with E-state index in [0.29, 0.717) is 0 Å². The number of hydrogen-bond acceptors (Lipinski definition) is 0. The van der Waals surface area contributed by atoms with Crippen LogP contribution in [0, 0.1) is 6.42 Å². The zero-order valence-corrected chi connectivity index (χ0v) is 18.8. The van der Waals surface area contributed by atoms with Crippen LogP contribution in [0.5, 0.6) is 0 Å². The number of halogens is 2. The molecule has 0 radical (unpaired) electrons. The summed E-state index contributed by atoms with van der Waals surface area (Å²) < 4.78 is 1.51. The van der Waals surface area contributed by atoms with Gasteiger partial charge in [-0.1, -0.05) is 24.8 Å². The molecule has 0 aliphatic heterocycles. The van der Waals surface area contributed by atoms with Gasteiger partial charge in [-0.05, 0) is 25.7 Å². The topological polar surface area (TPSA) is 0 Å². The van der Waals surface area contributed by atoms with Crippen molar-refractivity contribution in [1.29, 1.82) is 0 Å². The molecule has 1 aromatic carbocycles. The minimum atomic E-state index is 0. The minimum absolute atomic E-state index is 0. The Balaban J connectivity index is 0.000000409. The second-order valence-corrected chi connectivity index (χ2v) is 8.99. The van der Waals surface area contributed by atoms with Crippen LogP contribution in [0.25, 0.3) is 0 Å². The molecule has 0 saturated carbocycles. The predicted molar refractivity (Wildman–Crippen MR) is 93.7 cm³/mol. The summed E-state index contributed by atoms with van der Waals surface area (Å²) in [5.74, 6) is 0. The second kappa shape index (κ2) is 13.3. The molecule has 0 N–H and O–H groups in total. The SMILES string of the molecule is C[C](C)=[Zr+2].[CH-]1CCCC2=C1CC1=C2CCCC1.[Cl-].[Cl-].c1cc[cH-]c1. The number of fused-ring (bicyclic) bond motifs is 1. The van der Waals surface area contributed by atoms with Crippen molar-refractivity contribution in [3.63, 3.8) is 0 Å². The van der Waals surface area contributed by atoms with Gasteiger partial charge in [0.25, 0.3) is 0 Å². The van der Waals surface area contributed by atoms with E-state index in [2.05, 4.69) is 20.3 Å². The third kappa shape index (κ3) is 7.94. The van der Waals surface area contributed by atoms with Crippen LogP contribution in [0.1, 0.15) is 65.2 Å². The van der Waals surface area contributed by atoms with Crippen LogP contribution in [0.4, 0.5) is 0 Å². The summed E-state index contributed by atoms with van der Waals surface area (Å²) in [5.41, 5.74) is 7.06. The zero-order valence-electron chi connectivity index (χ0n) is 14.9. The monoisotopic (exact) mass is 440 g/mol. The average Bonchev–Trinajstić information content (AvgIpc) is 3.18. The summed E-state index contributed by atoms with van der Waals surface area (Å²) in [6.45, 7) is 4.25. The molecule has 3 heteroatoms. The molecule has 0 atom stereocenters. The maximum Gasteiger partial charge on any atom is -0.0327 e. The quantitative estimate of drug-likeness (QED) is 0.501. The number of rotatable bonds is 0. The molecule has 0 nitrogen and oxygen atoms in total. The van der Waals surface area contributed by atoms with Crippen LogP contribution in [0.3, 0.4) is 0 Å². The standard InChI is InChI=1S/C13H17.C5H5.C3H6.2ClH.Zr/c1-3-7-12-10(5-1)9-11-6-2-4-8-13(11)12;1-2-4-5-3-1;1-3-2;;;/h5H,1-4,6-9H2;1-5H;1-2H3;2*1H;/q2*-1;;;;+2/p-2. The summed E-state index contributed by atoms with van der Waals surface area (Å²) in [6, 6.07) is 10.0. The minimum Gasteiger partial charge on any atom is -1.00 e. The Kier molecular flexibility index (Phi) is 13.3. The Morgan fingerprint density at radius 2 is 1.50 bits per heavy atom. The van der Waals surface area contributed by atoms with Crippen LogP contribution in [-0.4, -0.2) is 3.21 Å². The van der Waals surface area contributed by atoms with E-state index in [4.69, 9.17) is 0 Å². The van der Waals surface area contributed by atoms with Crippen molar-refractivity contribution in [1.82, 2.24) is 0 Å². The third-order valence-corrected chi connectivity index (χ3v) is 4.32. The summed E-state index contributed by atoms with van der Waals surface area (Å²) in [4.78, 5) is 0. The Hall–Kier alpha value is 0.0331. The van der Waals surface area contributed by atoms with Gasteiger partial charge in [0.1, 0.15) is 0 Å². The number of hydrogen-bond donors (Lipinski definition) is 0. The first-order valence-corrected chi connectivity index (χ1v) is 9.86. The maximum absolute atomic E-state index is 2.50. The summed E-state index contributed by atoms with van der Waals surface area (Å²) in [7, 11) is 0. The molecule has 0 unspecified atom stereocenters. The summed E-state index contributed by atoms with van der Waals surface area (Å²) in [6.07, 6.45) is 13.6. The van der Waals surface area contributed by atoms with Crippen molar-refractivity contribution >= 4 is 3.21 Å². The van der Waals surface area contributed by atoms with Gasteiger partial charge in [-0.3, -0.25) is 0 Å². The van der Waals surface area contributed by atoms with E-state index < -0.39 is 0 Å². The fourth-order valence-electron chi connectivity index (χ4n) is 3.44. The van der Waals surface area contributed by atoms with Gasteiger partial charge >= 0.3 is 41.3 Å². The summed E-state index contributed by atoms with van der Waals surface area (Å²) >= 11 is 1.55. The molecule has 0 spiro atoms. The van der Waals surface area contributed by atoms with E-state index in [1.54, 1.807) is 46.5 Å². The normalized spacial score (nSPS) is 17.5. The molecule has 0 heterocycles. The molecule has 24 heavy (non-hydrogen) atoms. The Morgan fingerprint density at radius 1 is 0.917 bits per heavy atom. The maximum atomic E-state index is 2.50. The van der Waals surface area contributed by atoms with Crippen LogP contribution in [0.2, 0.25) is 0 Å². The Morgan fingerprint density at radius 3 is 2.08 bits per heavy atom. The Bertz CT molecular complexity index is 487. The average molecular weight is 443 g/mol. The molecule has 0 fully saturated rings.